The van der Waals surface area contributed by atoms with Crippen molar-refractivity contribution < 1.29 is 9.59 Å². The monoisotopic (exact) mass is 363 g/mol. The standard InChI is InChI=1S/C20H21N5O2/c1-12-9-14(5-8-17(12)19(21)26)18(22-2)20(27)25-16-6-3-13(4-7-16)15-10-23-24-11-15/h3-11,18,22H,1-2H3,(H2,21,26)(H,23,24)(H,25,27). The smallest absolute Gasteiger partial charge is 0.248 e. The minimum absolute atomic E-state index is 0.195. The van der Waals surface area contributed by atoms with Gasteiger partial charge in [-0.25, -0.2) is 0 Å². The fourth-order valence-corrected chi connectivity index (χ4v) is 2.96. The Hall–Kier alpha value is -3.45. The average molecular weight is 363 g/mol. The molecule has 1 aromatic heterocycles. The van der Waals surface area contributed by atoms with Gasteiger partial charge in [-0.05, 0) is 48.9 Å². The van der Waals surface area contributed by atoms with Crippen LogP contribution < -0.4 is 16.4 Å². The van der Waals surface area contributed by atoms with Gasteiger partial charge in [-0.15, -0.1) is 0 Å². The normalized spacial score (nSPS) is 11.8. The Morgan fingerprint density at radius 3 is 2.41 bits per heavy atom. The molecule has 7 heteroatoms. The van der Waals surface area contributed by atoms with Crippen LogP contribution >= 0.6 is 0 Å². The fraction of sp³-hybridized carbons (Fsp3) is 0.150. The van der Waals surface area contributed by atoms with Crippen molar-refractivity contribution in [3.05, 3.63) is 71.5 Å². The molecule has 3 rings (SSSR count). The molecule has 2 aromatic carbocycles. The van der Waals surface area contributed by atoms with E-state index in [0.717, 1.165) is 22.3 Å². The minimum Gasteiger partial charge on any atom is -0.366 e. The highest BCUT2D eigenvalue weighted by molar-refractivity contribution is 5.97. The largest absolute Gasteiger partial charge is 0.366 e. The maximum Gasteiger partial charge on any atom is 0.248 e. The number of carbonyl (C=O) groups excluding carboxylic acids is 2. The lowest BCUT2D eigenvalue weighted by atomic mass is 9.99. The first kappa shape index (κ1) is 18.3. The number of H-pyrrole nitrogens is 1. The Kier molecular flexibility index (Phi) is 5.33. The van der Waals surface area contributed by atoms with Crippen LogP contribution in [0.1, 0.15) is 27.5 Å². The molecule has 0 saturated heterocycles. The molecule has 1 unspecified atom stereocenters. The number of carbonyl (C=O) groups is 2. The molecule has 0 spiro atoms. The van der Waals surface area contributed by atoms with E-state index < -0.39 is 11.9 Å². The molecule has 7 nitrogen and oxygen atoms in total. The van der Waals surface area contributed by atoms with Crippen LogP contribution in [-0.2, 0) is 4.79 Å². The van der Waals surface area contributed by atoms with E-state index in [9.17, 15) is 9.59 Å². The Labute approximate surface area is 157 Å². The van der Waals surface area contributed by atoms with Gasteiger partial charge in [0.25, 0.3) is 0 Å². The molecule has 0 aliphatic heterocycles. The van der Waals surface area contributed by atoms with Gasteiger partial charge in [0.05, 0.1) is 6.20 Å². The van der Waals surface area contributed by atoms with E-state index in [1.807, 2.05) is 30.5 Å². The van der Waals surface area contributed by atoms with Gasteiger partial charge in [-0.1, -0.05) is 24.3 Å². The number of aromatic nitrogens is 2. The first-order valence-electron chi connectivity index (χ1n) is 8.47. The third-order valence-electron chi connectivity index (χ3n) is 4.38. The Morgan fingerprint density at radius 1 is 1.11 bits per heavy atom. The van der Waals surface area contributed by atoms with Crippen molar-refractivity contribution in [1.29, 1.82) is 0 Å². The fourth-order valence-electron chi connectivity index (χ4n) is 2.96. The van der Waals surface area contributed by atoms with Crippen molar-refractivity contribution in [1.82, 2.24) is 15.5 Å². The second kappa shape index (κ2) is 7.84. The number of amides is 2. The number of primary amides is 1. The van der Waals surface area contributed by atoms with E-state index in [1.54, 1.807) is 38.4 Å². The molecular weight excluding hydrogens is 342 g/mol. The summed E-state index contributed by atoms with van der Waals surface area (Å²) >= 11 is 0. The molecule has 0 fully saturated rings. The van der Waals surface area contributed by atoms with E-state index in [1.165, 1.54) is 0 Å². The van der Waals surface area contributed by atoms with Crippen molar-refractivity contribution in [3.63, 3.8) is 0 Å². The summed E-state index contributed by atoms with van der Waals surface area (Å²) in [6.45, 7) is 1.79. The zero-order valence-corrected chi connectivity index (χ0v) is 15.1. The van der Waals surface area contributed by atoms with E-state index >= 15 is 0 Å². The molecule has 138 valence electrons. The lowest BCUT2D eigenvalue weighted by Gasteiger charge is -2.18. The molecular formula is C20H21N5O2. The summed E-state index contributed by atoms with van der Waals surface area (Å²) < 4.78 is 0. The van der Waals surface area contributed by atoms with Gasteiger partial charge in [0.2, 0.25) is 11.8 Å². The van der Waals surface area contributed by atoms with Gasteiger partial charge >= 0.3 is 0 Å². The second-order valence-electron chi connectivity index (χ2n) is 6.21. The number of benzene rings is 2. The van der Waals surface area contributed by atoms with Crippen molar-refractivity contribution >= 4 is 17.5 Å². The molecule has 27 heavy (non-hydrogen) atoms. The predicted octanol–water partition coefficient (Wildman–Crippen LogP) is 2.38. The molecule has 3 aromatic rings. The molecule has 0 saturated carbocycles. The van der Waals surface area contributed by atoms with Crippen LogP contribution in [0.25, 0.3) is 11.1 Å². The molecule has 2 amide bonds. The van der Waals surface area contributed by atoms with Crippen molar-refractivity contribution in [2.75, 3.05) is 12.4 Å². The summed E-state index contributed by atoms with van der Waals surface area (Å²) in [6, 6.07) is 12.1. The second-order valence-corrected chi connectivity index (χ2v) is 6.21. The van der Waals surface area contributed by atoms with Crippen molar-refractivity contribution in [3.8, 4) is 11.1 Å². The average Bonchev–Trinajstić information content (AvgIpc) is 3.17. The topological polar surface area (TPSA) is 113 Å². The first-order valence-corrected chi connectivity index (χ1v) is 8.47. The van der Waals surface area contributed by atoms with Crippen LogP contribution in [0.5, 0.6) is 0 Å². The number of anilines is 1. The summed E-state index contributed by atoms with van der Waals surface area (Å²) in [7, 11) is 1.71. The number of aryl methyl sites for hydroxylation is 1. The number of likely N-dealkylation sites (N-methyl/N-ethyl adjacent to an activating group) is 1. The number of nitrogens with zero attached hydrogens (tertiary/aromatic N) is 1. The third kappa shape index (κ3) is 4.04. The summed E-state index contributed by atoms with van der Waals surface area (Å²) in [5.74, 6) is -0.679. The number of nitrogens with two attached hydrogens (primary N) is 1. The summed E-state index contributed by atoms with van der Waals surface area (Å²) in [6.07, 6.45) is 3.55. The number of nitrogens with one attached hydrogen (secondary N) is 3. The maximum absolute atomic E-state index is 12.7. The number of hydrogen-bond acceptors (Lipinski definition) is 4. The molecule has 0 aliphatic rings. The Morgan fingerprint density at radius 2 is 1.85 bits per heavy atom. The molecule has 0 aliphatic carbocycles. The third-order valence-corrected chi connectivity index (χ3v) is 4.38. The van der Waals surface area contributed by atoms with Crippen LogP contribution in [-0.4, -0.2) is 29.1 Å². The van der Waals surface area contributed by atoms with Crippen LogP contribution in [0.15, 0.2) is 54.9 Å². The predicted molar refractivity (Wildman–Crippen MR) is 104 cm³/mol. The molecule has 0 radical (unpaired) electrons. The summed E-state index contributed by atoms with van der Waals surface area (Å²) in [4.78, 5) is 24.1. The summed E-state index contributed by atoms with van der Waals surface area (Å²) in [5.41, 5.74) is 9.96. The summed E-state index contributed by atoms with van der Waals surface area (Å²) in [5, 5.41) is 12.6. The van der Waals surface area contributed by atoms with E-state index in [0.29, 0.717) is 11.3 Å². The number of aromatic amines is 1. The van der Waals surface area contributed by atoms with Gasteiger partial charge in [-0.3, -0.25) is 14.7 Å². The quantitative estimate of drug-likeness (QED) is 0.538. The number of rotatable bonds is 6. The maximum atomic E-state index is 12.7. The zero-order chi connectivity index (χ0) is 19.4. The first-order chi connectivity index (χ1) is 13.0. The lowest BCUT2D eigenvalue weighted by molar-refractivity contribution is -0.118. The number of hydrogen-bond donors (Lipinski definition) is 4. The lowest BCUT2D eigenvalue weighted by Crippen LogP contribution is -2.30. The van der Waals surface area contributed by atoms with Gasteiger partial charge in [0.1, 0.15) is 6.04 Å². The van der Waals surface area contributed by atoms with Crippen LogP contribution in [0.2, 0.25) is 0 Å². The Balaban J connectivity index is 1.75. The Bertz CT molecular complexity index is 949. The van der Waals surface area contributed by atoms with E-state index in [-0.39, 0.29) is 5.91 Å². The van der Waals surface area contributed by atoms with Crippen LogP contribution in [0, 0.1) is 6.92 Å². The van der Waals surface area contributed by atoms with Crippen molar-refractivity contribution in [2.45, 2.75) is 13.0 Å². The zero-order valence-electron chi connectivity index (χ0n) is 15.1. The van der Waals surface area contributed by atoms with Gasteiger partial charge in [-0.2, -0.15) is 5.10 Å². The molecule has 5 N–H and O–H groups in total. The SMILES string of the molecule is CNC(C(=O)Nc1ccc(-c2cn[nH]c2)cc1)c1ccc(C(N)=O)c(C)c1. The highest BCUT2D eigenvalue weighted by Crippen LogP contribution is 2.22. The van der Waals surface area contributed by atoms with Crippen LogP contribution in [0.4, 0.5) is 5.69 Å². The van der Waals surface area contributed by atoms with Crippen molar-refractivity contribution in [2.24, 2.45) is 5.73 Å². The van der Waals surface area contributed by atoms with Crippen LogP contribution in [0.3, 0.4) is 0 Å². The highest BCUT2D eigenvalue weighted by atomic mass is 16.2. The van der Waals surface area contributed by atoms with E-state index in [4.69, 9.17) is 5.73 Å². The molecule has 0 bridgehead atoms. The van der Waals surface area contributed by atoms with Gasteiger partial charge in [0.15, 0.2) is 0 Å². The molecule has 1 heterocycles. The van der Waals surface area contributed by atoms with Gasteiger partial charge in [0, 0.05) is 23.0 Å². The highest BCUT2D eigenvalue weighted by Gasteiger charge is 2.20. The minimum atomic E-state index is -0.556. The molecule has 1 atom stereocenters. The van der Waals surface area contributed by atoms with E-state index in [2.05, 4.69) is 20.8 Å². The van der Waals surface area contributed by atoms with Gasteiger partial charge < -0.3 is 16.4 Å².